The van der Waals surface area contributed by atoms with Crippen LogP contribution in [-0.2, 0) is 11.3 Å². The van der Waals surface area contributed by atoms with E-state index in [1.165, 1.54) is 34.7 Å². The van der Waals surface area contributed by atoms with E-state index in [-0.39, 0.29) is 24.5 Å². The van der Waals surface area contributed by atoms with Crippen LogP contribution in [0.3, 0.4) is 0 Å². The molecule has 2 aromatic rings. The number of carbonyl (C=O) groups is 1. The van der Waals surface area contributed by atoms with Gasteiger partial charge in [0.25, 0.3) is 5.56 Å². The summed E-state index contributed by atoms with van der Waals surface area (Å²) in [5, 5.41) is 0.474. The van der Waals surface area contributed by atoms with Crippen molar-refractivity contribution in [2.75, 3.05) is 12.9 Å². The van der Waals surface area contributed by atoms with Crippen LogP contribution in [0, 0.1) is 5.82 Å². The largest absolute Gasteiger partial charge is 0.462 e. The van der Waals surface area contributed by atoms with Gasteiger partial charge < -0.3 is 4.74 Å². The van der Waals surface area contributed by atoms with Crippen molar-refractivity contribution in [1.29, 1.82) is 0 Å². The summed E-state index contributed by atoms with van der Waals surface area (Å²) in [6, 6.07) is 5.81. The molecule has 0 atom stereocenters. The summed E-state index contributed by atoms with van der Waals surface area (Å²) in [5.41, 5.74) is 0.158. The Bertz CT molecular complexity index is 729. The summed E-state index contributed by atoms with van der Waals surface area (Å²) in [7, 11) is 0. The van der Waals surface area contributed by atoms with E-state index in [2.05, 4.69) is 4.98 Å². The third kappa shape index (κ3) is 3.54. The van der Waals surface area contributed by atoms with Crippen LogP contribution in [0.25, 0.3) is 0 Å². The molecule has 0 aliphatic carbocycles. The van der Waals surface area contributed by atoms with E-state index in [0.29, 0.717) is 5.16 Å². The van der Waals surface area contributed by atoms with Crippen molar-refractivity contribution in [3.63, 3.8) is 0 Å². The molecule has 0 bridgehead atoms. The molecule has 0 amide bonds. The second kappa shape index (κ2) is 7.22. The molecule has 1 heterocycles. The molecule has 7 heteroatoms. The maximum Gasteiger partial charge on any atom is 0.345 e. The topological polar surface area (TPSA) is 61.2 Å². The number of carbonyl (C=O) groups excluding carboxylic acids is 1. The van der Waals surface area contributed by atoms with Gasteiger partial charge in [0.05, 0.1) is 19.3 Å². The molecule has 0 unspecified atom stereocenters. The summed E-state index contributed by atoms with van der Waals surface area (Å²) in [4.78, 5) is 28.4. The first kappa shape index (κ1) is 16.2. The van der Waals surface area contributed by atoms with Crippen LogP contribution in [0.15, 0.2) is 40.4 Å². The lowest BCUT2D eigenvalue weighted by Crippen LogP contribution is -2.29. The summed E-state index contributed by atoms with van der Waals surface area (Å²) in [6.07, 6.45) is 3.01. The Labute approximate surface area is 131 Å². The van der Waals surface area contributed by atoms with Crippen LogP contribution in [0.1, 0.15) is 22.8 Å². The number of hydrogen-bond acceptors (Lipinski definition) is 5. The Hall–Kier alpha value is -2.15. The molecule has 0 saturated heterocycles. The van der Waals surface area contributed by atoms with Crippen LogP contribution in [0.5, 0.6) is 0 Å². The quantitative estimate of drug-likeness (QED) is 0.480. The second-order valence-corrected chi connectivity index (χ2v) is 5.17. The zero-order chi connectivity index (χ0) is 16.1. The molecule has 1 aromatic heterocycles. The van der Waals surface area contributed by atoms with Gasteiger partial charge in [-0.05, 0) is 30.9 Å². The van der Waals surface area contributed by atoms with Gasteiger partial charge in [-0.3, -0.25) is 9.36 Å². The first-order valence-electron chi connectivity index (χ1n) is 6.62. The molecule has 0 radical (unpaired) electrons. The molecular weight excluding hydrogens is 307 g/mol. The third-order valence-electron chi connectivity index (χ3n) is 2.94. The highest BCUT2D eigenvalue weighted by Gasteiger charge is 2.17. The molecule has 116 valence electrons. The highest BCUT2D eigenvalue weighted by molar-refractivity contribution is 7.98. The zero-order valence-corrected chi connectivity index (χ0v) is 13.0. The van der Waals surface area contributed by atoms with Gasteiger partial charge in [0.1, 0.15) is 11.4 Å². The summed E-state index contributed by atoms with van der Waals surface area (Å²) >= 11 is 1.29. The summed E-state index contributed by atoms with van der Waals surface area (Å²) in [5.74, 6) is -1.04. The number of aromatic nitrogens is 2. The lowest BCUT2D eigenvalue weighted by Gasteiger charge is -2.11. The van der Waals surface area contributed by atoms with Gasteiger partial charge >= 0.3 is 5.97 Å². The third-order valence-corrected chi connectivity index (χ3v) is 3.63. The van der Waals surface area contributed by atoms with Crippen LogP contribution in [0.4, 0.5) is 4.39 Å². The lowest BCUT2D eigenvalue weighted by atomic mass is 10.2. The fourth-order valence-electron chi connectivity index (χ4n) is 1.90. The summed E-state index contributed by atoms with van der Waals surface area (Å²) < 4.78 is 19.2. The standard InChI is InChI=1S/C15H15FN2O3S/c1-3-21-14(20)12-8-17-15(22-2)18(13(12)19)9-10-4-6-11(16)7-5-10/h4-8H,3,9H2,1-2H3. The minimum absolute atomic E-state index is 0.109. The minimum Gasteiger partial charge on any atom is -0.462 e. The molecule has 0 aliphatic rings. The van der Waals surface area contributed by atoms with Crippen molar-refractivity contribution in [2.24, 2.45) is 0 Å². The van der Waals surface area contributed by atoms with Gasteiger partial charge in [0.15, 0.2) is 5.16 Å². The fraction of sp³-hybridized carbons (Fsp3) is 0.267. The molecule has 0 fully saturated rings. The monoisotopic (exact) mass is 322 g/mol. The normalized spacial score (nSPS) is 10.5. The molecule has 0 aliphatic heterocycles. The first-order valence-corrected chi connectivity index (χ1v) is 7.84. The summed E-state index contributed by atoms with van der Waals surface area (Å²) in [6.45, 7) is 2.05. The van der Waals surface area contributed by atoms with Gasteiger partial charge in [-0.25, -0.2) is 14.2 Å². The van der Waals surface area contributed by atoms with E-state index in [9.17, 15) is 14.0 Å². The number of esters is 1. The van der Waals surface area contributed by atoms with E-state index in [1.807, 2.05) is 0 Å². The number of benzene rings is 1. The first-order chi connectivity index (χ1) is 10.6. The molecule has 0 saturated carbocycles. The van der Waals surface area contributed by atoms with Crippen LogP contribution >= 0.6 is 11.8 Å². The maximum absolute atomic E-state index is 13.0. The van der Waals surface area contributed by atoms with Crippen molar-refractivity contribution >= 4 is 17.7 Å². The number of hydrogen-bond donors (Lipinski definition) is 0. The molecule has 2 rings (SSSR count). The highest BCUT2D eigenvalue weighted by Crippen LogP contribution is 2.13. The Kier molecular flexibility index (Phi) is 5.32. The number of nitrogens with zero attached hydrogens (tertiary/aromatic N) is 2. The van der Waals surface area contributed by atoms with E-state index in [0.717, 1.165) is 5.56 Å². The van der Waals surface area contributed by atoms with Gasteiger partial charge in [0.2, 0.25) is 0 Å². The van der Waals surface area contributed by atoms with Crippen molar-refractivity contribution in [3.05, 3.63) is 57.8 Å². The molecule has 1 aromatic carbocycles. The van der Waals surface area contributed by atoms with Gasteiger partial charge in [0, 0.05) is 0 Å². The second-order valence-electron chi connectivity index (χ2n) is 4.40. The van der Waals surface area contributed by atoms with E-state index in [1.54, 1.807) is 25.3 Å². The Morgan fingerprint density at radius 3 is 2.64 bits per heavy atom. The molecule has 0 spiro atoms. The lowest BCUT2D eigenvalue weighted by molar-refractivity contribution is 0.0522. The van der Waals surface area contributed by atoms with Crippen molar-refractivity contribution in [3.8, 4) is 0 Å². The Morgan fingerprint density at radius 1 is 1.36 bits per heavy atom. The van der Waals surface area contributed by atoms with Crippen molar-refractivity contribution < 1.29 is 13.9 Å². The van der Waals surface area contributed by atoms with Gasteiger partial charge in [-0.1, -0.05) is 23.9 Å². The predicted octanol–water partition coefficient (Wildman–Crippen LogP) is 2.33. The van der Waals surface area contributed by atoms with Crippen LogP contribution < -0.4 is 5.56 Å². The predicted molar refractivity (Wildman–Crippen MR) is 81.7 cm³/mol. The molecule has 22 heavy (non-hydrogen) atoms. The number of halogens is 1. The van der Waals surface area contributed by atoms with E-state index >= 15 is 0 Å². The van der Waals surface area contributed by atoms with Gasteiger partial charge in [-0.15, -0.1) is 0 Å². The van der Waals surface area contributed by atoms with E-state index in [4.69, 9.17) is 4.74 Å². The van der Waals surface area contributed by atoms with E-state index < -0.39 is 11.5 Å². The molecule has 5 nitrogen and oxygen atoms in total. The van der Waals surface area contributed by atoms with Crippen molar-refractivity contribution in [1.82, 2.24) is 9.55 Å². The average Bonchev–Trinajstić information content (AvgIpc) is 2.51. The number of rotatable bonds is 5. The Morgan fingerprint density at radius 2 is 2.05 bits per heavy atom. The smallest absolute Gasteiger partial charge is 0.345 e. The molecule has 0 N–H and O–H groups in total. The average molecular weight is 322 g/mol. The Balaban J connectivity index is 2.43. The van der Waals surface area contributed by atoms with Gasteiger partial charge in [-0.2, -0.15) is 0 Å². The molecular formula is C15H15FN2O3S. The number of thioether (sulfide) groups is 1. The minimum atomic E-state index is -0.694. The zero-order valence-electron chi connectivity index (χ0n) is 12.2. The SMILES string of the molecule is CCOC(=O)c1cnc(SC)n(Cc2ccc(F)cc2)c1=O. The fourth-order valence-corrected chi connectivity index (χ4v) is 2.43. The van der Waals surface area contributed by atoms with Crippen LogP contribution in [-0.4, -0.2) is 28.4 Å². The maximum atomic E-state index is 13.0. The number of ether oxygens (including phenoxy) is 1. The van der Waals surface area contributed by atoms with Crippen molar-refractivity contribution in [2.45, 2.75) is 18.6 Å². The highest BCUT2D eigenvalue weighted by atomic mass is 32.2. The van der Waals surface area contributed by atoms with Crippen LogP contribution in [0.2, 0.25) is 0 Å².